The predicted octanol–water partition coefficient (Wildman–Crippen LogP) is 6.62. The summed E-state index contributed by atoms with van der Waals surface area (Å²) in [7, 11) is 0. The molecule has 0 aliphatic rings. The van der Waals surface area contributed by atoms with Gasteiger partial charge in [0.1, 0.15) is 11.4 Å². The summed E-state index contributed by atoms with van der Waals surface area (Å²) in [5.74, 6) is -7.51. The zero-order chi connectivity index (χ0) is 29.8. The van der Waals surface area contributed by atoms with Gasteiger partial charge in [-0.05, 0) is 16.8 Å². The number of nitrogens with one attached hydrogen (secondary N) is 1. The maximum absolute atomic E-state index is 14.1. The first kappa shape index (κ1) is 26.9. The smallest absolute Gasteiger partial charge is 0.319 e. The number of fused-ring (bicyclic) bond motifs is 2. The molecule has 42 heavy (non-hydrogen) atoms. The molecule has 0 atom stereocenters. The second kappa shape index (κ2) is 9.98. The summed E-state index contributed by atoms with van der Waals surface area (Å²) in [5, 5.41) is 11.4. The van der Waals surface area contributed by atoms with E-state index in [9.17, 15) is 35.5 Å². The van der Waals surface area contributed by atoms with Crippen molar-refractivity contribution in [2.45, 2.75) is 12.7 Å². The van der Waals surface area contributed by atoms with E-state index in [2.05, 4.69) is 20.5 Å². The fraction of sp³-hybridized carbons (Fsp3) is 0.0714. The Morgan fingerprint density at radius 2 is 1.64 bits per heavy atom. The Morgan fingerprint density at radius 3 is 2.43 bits per heavy atom. The molecule has 3 aromatic carbocycles. The third kappa shape index (κ3) is 4.70. The zero-order valence-corrected chi connectivity index (χ0v) is 20.9. The molecule has 212 valence electrons. The van der Waals surface area contributed by atoms with Gasteiger partial charge in [0.2, 0.25) is 0 Å². The first-order valence-electron chi connectivity index (χ1n) is 12.1. The molecule has 0 fully saturated rings. The molecular weight excluding hydrogens is 569 g/mol. The normalized spacial score (nSPS) is 11.9. The van der Waals surface area contributed by atoms with Crippen molar-refractivity contribution >= 4 is 28.0 Å². The van der Waals surface area contributed by atoms with Crippen LogP contribution < -0.4 is 5.32 Å². The summed E-state index contributed by atoms with van der Waals surface area (Å²) in [6, 6.07) is 13.2. The number of nitrogens with zero attached hydrogens (tertiary/aromatic N) is 5. The molecule has 0 radical (unpaired) electrons. The minimum atomic E-state index is -4.84. The number of hydrogen-bond donors (Lipinski definition) is 1. The number of anilines is 1. The molecule has 3 heterocycles. The third-order valence-electron chi connectivity index (χ3n) is 6.49. The number of carbonyl (C=O) groups excluding carboxylic acids is 1. The summed E-state index contributed by atoms with van der Waals surface area (Å²) in [5.41, 5.74) is -2.27. The van der Waals surface area contributed by atoms with Gasteiger partial charge in [0.25, 0.3) is 5.91 Å². The molecule has 3 aromatic heterocycles. The second-order valence-corrected chi connectivity index (χ2v) is 9.17. The number of alkyl halides is 3. The fourth-order valence-electron chi connectivity index (χ4n) is 4.54. The molecule has 1 N–H and O–H groups in total. The highest BCUT2D eigenvalue weighted by atomic mass is 19.4. The highest BCUT2D eigenvalue weighted by molar-refractivity contribution is 6.08. The van der Waals surface area contributed by atoms with Crippen molar-refractivity contribution in [3.63, 3.8) is 0 Å². The van der Waals surface area contributed by atoms with Crippen molar-refractivity contribution in [2.75, 3.05) is 5.32 Å². The lowest BCUT2D eigenvalue weighted by Crippen LogP contribution is -2.15. The highest BCUT2D eigenvalue weighted by Gasteiger charge is 2.36. The number of carbonyl (C=O) groups is 1. The molecule has 14 heteroatoms. The van der Waals surface area contributed by atoms with Gasteiger partial charge < -0.3 is 5.32 Å². The summed E-state index contributed by atoms with van der Waals surface area (Å²) >= 11 is 0. The van der Waals surface area contributed by atoms with Gasteiger partial charge in [0.05, 0.1) is 30.3 Å². The topological polar surface area (TPSA) is 77.1 Å². The standard InChI is InChI=1S/C28H15F7N6O/c29-20-8-21(30)25(32)24(31)19(20)13-40-12-15(10-36-40)38-27(42)18-11-37-41-23(28(33,34)35)9-22(39-26(18)41)17-7-3-5-14-4-1-2-6-16(14)17/h1-12H,13H2,(H,38,42). The maximum Gasteiger partial charge on any atom is 0.433 e. The van der Waals surface area contributed by atoms with Gasteiger partial charge in [-0.2, -0.15) is 23.4 Å². The van der Waals surface area contributed by atoms with E-state index >= 15 is 0 Å². The number of rotatable bonds is 5. The van der Waals surface area contributed by atoms with E-state index in [0.29, 0.717) is 15.5 Å². The van der Waals surface area contributed by atoms with Crippen LogP contribution in [0.25, 0.3) is 27.7 Å². The van der Waals surface area contributed by atoms with Crippen LogP contribution in [0.1, 0.15) is 21.6 Å². The molecule has 7 nitrogen and oxygen atoms in total. The van der Waals surface area contributed by atoms with Crippen LogP contribution in [0, 0.1) is 23.3 Å². The SMILES string of the molecule is O=C(Nc1cnn(Cc2c(F)cc(F)c(F)c2F)c1)c1cnn2c(C(F)(F)F)cc(-c3cccc4ccccc34)nc12. The van der Waals surface area contributed by atoms with Crippen LogP contribution in [0.5, 0.6) is 0 Å². The molecule has 0 saturated heterocycles. The quantitative estimate of drug-likeness (QED) is 0.140. The average Bonchev–Trinajstić information content (AvgIpc) is 3.59. The Morgan fingerprint density at radius 1 is 0.881 bits per heavy atom. The van der Waals surface area contributed by atoms with Crippen molar-refractivity contribution in [3.8, 4) is 11.3 Å². The number of benzene rings is 3. The van der Waals surface area contributed by atoms with Crippen LogP contribution >= 0.6 is 0 Å². The minimum Gasteiger partial charge on any atom is -0.319 e. The first-order chi connectivity index (χ1) is 20.0. The Bertz CT molecular complexity index is 2010. The molecular formula is C28H15F7N6O. The third-order valence-corrected chi connectivity index (χ3v) is 6.49. The number of halogens is 7. The number of hydrogen-bond acceptors (Lipinski definition) is 4. The lowest BCUT2D eigenvalue weighted by Gasteiger charge is -2.13. The Balaban J connectivity index is 1.35. The molecule has 0 spiro atoms. The molecule has 1 amide bonds. The lowest BCUT2D eigenvalue weighted by atomic mass is 10.0. The summed E-state index contributed by atoms with van der Waals surface area (Å²) in [4.78, 5) is 17.5. The lowest BCUT2D eigenvalue weighted by molar-refractivity contribution is -0.142. The molecule has 0 aliphatic carbocycles. The number of aromatic nitrogens is 5. The molecule has 0 bridgehead atoms. The summed E-state index contributed by atoms with van der Waals surface area (Å²) < 4.78 is 98.6. The van der Waals surface area contributed by atoms with E-state index in [1.807, 2.05) is 0 Å². The molecule has 6 aromatic rings. The predicted molar refractivity (Wildman–Crippen MR) is 136 cm³/mol. The van der Waals surface area contributed by atoms with Crippen molar-refractivity contribution in [1.82, 2.24) is 24.4 Å². The van der Waals surface area contributed by atoms with Crippen LogP contribution in [0.2, 0.25) is 0 Å². The molecule has 6 rings (SSSR count). The zero-order valence-electron chi connectivity index (χ0n) is 20.9. The van der Waals surface area contributed by atoms with Crippen LogP contribution in [0.3, 0.4) is 0 Å². The fourth-order valence-corrected chi connectivity index (χ4v) is 4.54. The van der Waals surface area contributed by atoms with E-state index < -0.39 is 53.2 Å². The molecule has 0 saturated carbocycles. The van der Waals surface area contributed by atoms with Crippen LogP contribution in [0.15, 0.2) is 73.2 Å². The Labute approximate surface area is 230 Å². The van der Waals surface area contributed by atoms with Gasteiger partial charge in [-0.25, -0.2) is 27.1 Å². The van der Waals surface area contributed by atoms with Gasteiger partial charge >= 0.3 is 6.18 Å². The first-order valence-corrected chi connectivity index (χ1v) is 12.1. The van der Waals surface area contributed by atoms with Crippen molar-refractivity contribution in [2.24, 2.45) is 0 Å². The van der Waals surface area contributed by atoms with Crippen LogP contribution in [0.4, 0.5) is 36.4 Å². The van der Waals surface area contributed by atoms with Crippen LogP contribution in [-0.2, 0) is 12.7 Å². The van der Waals surface area contributed by atoms with E-state index in [4.69, 9.17) is 0 Å². The summed E-state index contributed by atoms with van der Waals surface area (Å²) in [6.45, 7) is -0.646. The molecule has 0 aliphatic heterocycles. The molecule has 0 unspecified atom stereocenters. The van der Waals surface area contributed by atoms with E-state index in [-0.39, 0.29) is 28.7 Å². The van der Waals surface area contributed by atoms with Crippen molar-refractivity contribution in [1.29, 1.82) is 0 Å². The van der Waals surface area contributed by atoms with Gasteiger partial charge in [0.15, 0.2) is 28.8 Å². The number of amides is 1. The minimum absolute atomic E-state index is 0.0102. The largest absolute Gasteiger partial charge is 0.433 e. The van der Waals surface area contributed by atoms with E-state index in [0.717, 1.165) is 34.7 Å². The average molecular weight is 584 g/mol. The monoisotopic (exact) mass is 584 g/mol. The Kier molecular flexibility index (Phi) is 6.40. The second-order valence-electron chi connectivity index (χ2n) is 9.17. The van der Waals surface area contributed by atoms with Gasteiger partial charge in [0, 0.05) is 23.4 Å². The summed E-state index contributed by atoms with van der Waals surface area (Å²) in [6.07, 6.45) is -1.68. The Hall–Kier alpha value is -5.27. The maximum atomic E-state index is 14.1. The van der Waals surface area contributed by atoms with Gasteiger partial charge in [-0.15, -0.1) is 0 Å². The van der Waals surface area contributed by atoms with Crippen LogP contribution in [-0.4, -0.2) is 30.3 Å². The van der Waals surface area contributed by atoms with Crippen molar-refractivity contribution < 1.29 is 35.5 Å². The van der Waals surface area contributed by atoms with Gasteiger partial charge in [-0.3, -0.25) is 9.48 Å². The van der Waals surface area contributed by atoms with Gasteiger partial charge in [-0.1, -0.05) is 42.5 Å². The van der Waals surface area contributed by atoms with Crippen molar-refractivity contribution in [3.05, 3.63) is 113 Å². The van der Waals surface area contributed by atoms with E-state index in [1.165, 1.54) is 0 Å². The highest BCUT2D eigenvalue weighted by Crippen LogP contribution is 2.35. The van der Waals surface area contributed by atoms with E-state index in [1.54, 1.807) is 42.5 Å².